The largest absolute Gasteiger partial charge is 0.352 e. The third kappa shape index (κ3) is 5.65. The van der Waals surface area contributed by atoms with Gasteiger partial charge in [-0.25, -0.2) is 8.78 Å². The molecule has 0 aliphatic heterocycles. The van der Waals surface area contributed by atoms with E-state index in [1.165, 1.54) is 0 Å². The smallest absolute Gasteiger partial charge is 0.223 e. The van der Waals surface area contributed by atoms with Crippen LogP contribution < -0.4 is 11.1 Å². The Balaban J connectivity index is 2.40. The van der Waals surface area contributed by atoms with Crippen molar-refractivity contribution in [1.29, 1.82) is 0 Å². The number of nitrogens with one attached hydrogen (secondary N) is 1. The van der Waals surface area contributed by atoms with Gasteiger partial charge in [-0.05, 0) is 38.0 Å². The molecule has 0 saturated carbocycles. The van der Waals surface area contributed by atoms with Gasteiger partial charge in [0.15, 0.2) is 0 Å². The Morgan fingerprint density at radius 3 is 2.65 bits per heavy atom. The molecular formula is C15H22F2N2O. The molecule has 1 amide bonds. The zero-order valence-electron chi connectivity index (χ0n) is 12.0. The van der Waals surface area contributed by atoms with Gasteiger partial charge in [-0.1, -0.05) is 13.3 Å². The summed E-state index contributed by atoms with van der Waals surface area (Å²) in [7, 11) is 0. The van der Waals surface area contributed by atoms with Gasteiger partial charge in [0, 0.05) is 24.1 Å². The number of carbonyl (C=O) groups excluding carboxylic acids is 1. The molecule has 0 heterocycles. The number of halogens is 2. The fraction of sp³-hybridized carbons (Fsp3) is 0.533. The first-order valence-corrected chi connectivity index (χ1v) is 6.87. The average Bonchev–Trinajstić information content (AvgIpc) is 2.38. The molecule has 0 spiro atoms. The molecule has 0 bridgehead atoms. The highest BCUT2D eigenvalue weighted by atomic mass is 19.1. The summed E-state index contributed by atoms with van der Waals surface area (Å²) in [5.74, 6) is -1.35. The minimum Gasteiger partial charge on any atom is -0.352 e. The molecule has 2 atom stereocenters. The predicted molar refractivity (Wildman–Crippen MR) is 74.9 cm³/mol. The number of carbonyl (C=O) groups is 1. The van der Waals surface area contributed by atoms with Crippen molar-refractivity contribution >= 4 is 5.91 Å². The third-order valence-electron chi connectivity index (χ3n) is 3.21. The van der Waals surface area contributed by atoms with Crippen LogP contribution in [0.25, 0.3) is 0 Å². The van der Waals surface area contributed by atoms with E-state index in [9.17, 15) is 13.6 Å². The fourth-order valence-corrected chi connectivity index (χ4v) is 1.91. The lowest BCUT2D eigenvalue weighted by Gasteiger charge is -2.13. The fourth-order valence-electron chi connectivity index (χ4n) is 1.91. The molecule has 0 fully saturated rings. The van der Waals surface area contributed by atoms with Crippen molar-refractivity contribution in [3.8, 4) is 0 Å². The minimum absolute atomic E-state index is 0.0000579. The Hall–Kier alpha value is -1.49. The van der Waals surface area contributed by atoms with Gasteiger partial charge in [0.05, 0.1) is 0 Å². The van der Waals surface area contributed by atoms with E-state index in [0.29, 0.717) is 0 Å². The summed E-state index contributed by atoms with van der Waals surface area (Å²) in [6, 6.07) is 3.34. The maximum atomic E-state index is 13.4. The second kappa shape index (κ2) is 7.94. The van der Waals surface area contributed by atoms with Crippen LogP contribution in [0.15, 0.2) is 18.2 Å². The van der Waals surface area contributed by atoms with Crippen LogP contribution in [0, 0.1) is 17.6 Å². The minimum atomic E-state index is -0.517. The van der Waals surface area contributed by atoms with E-state index >= 15 is 0 Å². The molecule has 0 aromatic heterocycles. The molecule has 3 nitrogen and oxygen atoms in total. The zero-order valence-corrected chi connectivity index (χ0v) is 12.0. The summed E-state index contributed by atoms with van der Waals surface area (Å²) in [6.45, 7) is 3.75. The van der Waals surface area contributed by atoms with Crippen molar-refractivity contribution in [2.75, 3.05) is 0 Å². The Morgan fingerprint density at radius 2 is 2.00 bits per heavy atom. The van der Waals surface area contributed by atoms with Crippen LogP contribution in [-0.4, -0.2) is 11.9 Å². The first-order valence-electron chi connectivity index (χ1n) is 6.87. The van der Waals surface area contributed by atoms with E-state index in [-0.39, 0.29) is 30.0 Å². The number of amides is 1. The maximum Gasteiger partial charge on any atom is 0.223 e. The number of hydrogen-bond acceptors (Lipinski definition) is 2. The van der Waals surface area contributed by atoms with Crippen molar-refractivity contribution in [1.82, 2.24) is 5.32 Å². The number of benzene rings is 1. The van der Waals surface area contributed by atoms with Crippen LogP contribution in [-0.2, 0) is 11.3 Å². The van der Waals surface area contributed by atoms with Gasteiger partial charge < -0.3 is 11.1 Å². The molecule has 1 aromatic carbocycles. The van der Waals surface area contributed by atoms with Crippen LogP contribution >= 0.6 is 0 Å². The Kier molecular flexibility index (Phi) is 6.58. The highest BCUT2D eigenvalue weighted by Gasteiger charge is 2.13. The molecule has 112 valence electrons. The van der Waals surface area contributed by atoms with Gasteiger partial charge in [-0.2, -0.15) is 0 Å². The second-order valence-corrected chi connectivity index (χ2v) is 5.26. The molecule has 1 aromatic rings. The second-order valence-electron chi connectivity index (χ2n) is 5.26. The van der Waals surface area contributed by atoms with Crippen LogP contribution in [0.2, 0.25) is 0 Å². The molecule has 5 heteroatoms. The van der Waals surface area contributed by atoms with E-state index in [4.69, 9.17) is 5.73 Å². The molecule has 0 aliphatic rings. The maximum absolute atomic E-state index is 13.4. The summed E-state index contributed by atoms with van der Waals surface area (Å²) in [5, 5.41) is 2.63. The van der Waals surface area contributed by atoms with Crippen LogP contribution in [0.5, 0.6) is 0 Å². The first kappa shape index (κ1) is 16.6. The van der Waals surface area contributed by atoms with Gasteiger partial charge >= 0.3 is 0 Å². The summed E-state index contributed by atoms with van der Waals surface area (Å²) < 4.78 is 26.4. The first-order chi connectivity index (χ1) is 9.40. The van der Waals surface area contributed by atoms with Crippen molar-refractivity contribution < 1.29 is 13.6 Å². The summed E-state index contributed by atoms with van der Waals surface area (Å²) in [4.78, 5) is 11.8. The van der Waals surface area contributed by atoms with E-state index in [1.54, 1.807) is 0 Å². The van der Waals surface area contributed by atoms with Crippen molar-refractivity contribution in [2.45, 2.75) is 45.7 Å². The lowest BCUT2D eigenvalue weighted by Crippen LogP contribution is -2.29. The van der Waals surface area contributed by atoms with Gasteiger partial charge in [0.2, 0.25) is 5.91 Å². The van der Waals surface area contributed by atoms with Crippen LogP contribution in [0.3, 0.4) is 0 Å². The molecular weight excluding hydrogens is 262 g/mol. The molecule has 0 radical (unpaired) electrons. The molecule has 2 unspecified atom stereocenters. The van der Waals surface area contributed by atoms with E-state index in [0.717, 1.165) is 37.5 Å². The molecule has 0 aliphatic carbocycles. The molecule has 1 rings (SSSR count). The van der Waals surface area contributed by atoms with E-state index in [2.05, 4.69) is 5.32 Å². The van der Waals surface area contributed by atoms with Crippen LogP contribution in [0.1, 0.15) is 38.7 Å². The van der Waals surface area contributed by atoms with Gasteiger partial charge in [0.1, 0.15) is 11.6 Å². The summed E-state index contributed by atoms with van der Waals surface area (Å²) >= 11 is 0. The normalized spacial score (nSPS) is 13.8. The number of nitrogens with two attached hydrogens (primary N) is 1. The highest BCUT2D eigenvalue weighted by molar-refractivity contribution is 5.78. The van der Waals surface area contributed by atoms with Gasteiger partial charge in [-0.15, -0.1) is 0 Å². The Morgan fingerprint density at radius 1 is 1.30 bits per heavy atom. The molecule has 20 heavy (non-hydrogen) atoms. The van der Waals surface area contributed by atoms with Gasteiger partial charge in [0.25, 0.3) is 0 Å². The topological polar surface area (TPSA) is 55.1 Å². The van der Waals surface area contributed by atoms with Crippen molar-refractivity contribution in [3.63, 3.8) is 0 Å². The van der Waals surface area contributed by atoms with E-state index < -0.39 is 11.6 Å². The number of rotatable bonds is 7. The summed E-state index contributed by atoms with van der Waals surface area (Å²) in [5.41, 5.74) is 5.80. The third-order valence-corrected chi connectivity index (χ3v) is 3.21. The quantitative estimate of drug-likeness (QED) is 0.809. The standard InChI is InChI=1S/C15H22F2N2O/c1-10(4-3-5-11(2)18)15(20)19-9-12-8-13(16)6-7-14(12)17/h6-8,10-11H,3-5,9,18H2,1-2H3,(H,19,20). The van der Waals surface area contributed by atoms with Crippen LogP contribution in [0.4, 0.5) is 8.78 Å². The predicted octanol–water partition coefficient (Wildman–Crippen LogP) is 2.73. The van der Waals surface area contributed by atoms with Crippen molar-refractivity contribution in [3.05, 3.63) is 35.4 Å². The van der Waals surface area contributed by atoms with E-state index in [1.807, 2.05) is 13.8 Å². The van der Waals surface area contributed by atoms with Gasteiger partial charge in [-0.3, -0.25) is 4.79 Å². The van der Waals surface area contributed by atoms with Crippen molar-refractivity contribution in [2.24, 2.45) is 11.7 Å². The SMILES string of the molecule is CC(N)CCCC(C)C(=O)NCc1cc(F)ccc1F. The Labute approximate surface area is 118 Å². The highest BCUT2D eigenvalue weighted by Crippen LogP contribution is 2.12. The average molecular weight is 284 g/mol. The Bertz CT molecular complexity index is 449. The lowest BCUT2D eigenvalue weighted by molar-refractivity contribution is -0.124. The molecule has 0 saturated heterocycles. The number of hydrogen-bond donors (Lipinski definition) is 2. The lowest BCUT2D eigenvalue weighted by atomic mass is 10.0. The molecule has 3 N–H and O–H groups in total. The summed E-state index contributed by atoms with van der Waals surface area (Å²) in [6.07, 6.45) is 2.48. The monoisotopic (exact) mass is 284 g/mol. The zero-order chi connectivity index (χ0) is 15.1.